The molecule has 0 atom stereocenters. The zero-order valence-electron chi connectivity index (χ0n) is 17.9. The molecule has 2 aromatic heterocycles. The minimum atomic E-state index is -4.76. The molecule has 0 saturated heterocycles. The maximum Gasteiger partial charge on any atom is 0.471 e. The number of carbonyl (C=O) groups excluding carboxylic acids is 1. The third-order valence-electron chi connectivity index (χ3n) is 4.97. The van der Waals surface area contributed by atoms with E-state index in [0.717, 1.165) is 0 Å². The van der Waals surface area contributed by atoms with Gasteiger partial charge in [-0.3, -0.25) is 9.89 Å². The van der Waals surface area contributed by atoms with E-state index in [1.165, 1.54) is 36.4 Å². The van der Waals surface area contributed by atoms with Gasteiger partial charge in [0.1, 0.15) is 11.6 Å². The fourth-order valence-electron chi connectivity index (χ4n) is 3.03. The maximum absolute atomic E-state index is 13.1. The number of nitrogens with one attached hydrogen (secondary N) is 2. The predicted molar refractivity (Wildman–Crippen MR) is 112 cm³/mol. The first kappa shape index (κ1) is 23.1. The molecule has 1 amide bonds. The van der Waals surface area contributed by atoms with Crippen LogP contribution < -0.4 is 5.32 Å². The van der Waals surface area contributed by atoms with Gasteiger partial charge in [-0.15, -0.1) is 0 Å². The molecule has 0 spiro atoms. The largest absolute Gasteiger partial charge is 0.471 e. The Bertz CT molecular complexity index is 1310. The van der Waals surface area contributed by atoms with Gasteiger partial charge in [0.25, 0.3) is 5.91 Å². The second-order valence-electron chi connectivity index (χ2n) is 8.08. The van der Waals surface area contributed by atoms with Gasteiger partial charge >= 0.3 is 12.1 Å². The molecule has 2 heterocycles. The highest BCUT2D eigenvalue weighted by atomic mass is 19.4. The molecule has 0 saturated carbocycles. The number of aromatic amines is 1. The van der Waals surface area contributed by atoms with E-state index in [9.17, 15) is 22.4 Å². The monoisotopic (exact) mass is 474 g/mol. The first-order chi connectivity index (χ1) is 16.0. The quantitative estimate of drug-likeness (QED) is 0.401. The van der Waals surface area contributed by atoms with Gasteiger partial charge in [0.05, 0.1) is 0 Å². The highest BCUT2D eigenvalue weighted by molar-refractivity contribution is 5.95. The molecule has 0 bridgehead atoms. The number of aromatic nitrogens is 5. The summed E-state index contributed by atoms with van der Waals surface area (Å²) >= 11 is 0. The van der Waals surface area contributed by atoms with Gasteiger partial charge in [-0.1, -0.05) is 31.1 Å². The molecular weight excluding hydrogens is 456 g/mol. The van der Waals surface area contributed by atoms with E-state index in [4.69, 9.17) is 0 Å². The Kier molecular flexibility index (Phi) is 5.90. The number of carbonyl (C=O) groups is 1. The zero-order chi connectivity index (χ0) is 24.5. The third kappa shape index (κ3) is 4.95. The van der Waals surface area contributed by atoms with E-state index >= 15 is 0 Å². The molecule has 0 unspecified atom stereocenters. The lowest BCUT2D eigenvalue weighted by molar-refractivity contribution is -0.159. The second-order valence-corrected chi connectivity index (χ2v) is 8.08. The van der Waals surface area contributed by atoms with E-state index in [0.29, 0.717) is 17.2 Å². The van der Waals surface area contributed by atoms with Crippen LogP contribution in [0.25, 0.3) is 22.8 Å². The fraction of sp³-hybridized carbons (Fsp3) is 0.227. The van der Waals surface area contributed by atoms with Crippen LogP contribution in [0, 0.1) is 5.82 Å². The van der Waals surface area contributed by atoms with Crippen LogP contribution in [0.3, 0.4) is 0 Å². The molecule has 12 heteroatoms. The van der Waals surface area contributed by atoms with Crippen molar-refractivity contribution in [3.05, 3.63) is 71.6 Å². The number of H-pyrrole nitrogens is 1. The van der Waals surface area contributed by atoms with E-state index in [2.05, 4.69) is 35.2 Å². The standard InChI is InChI=1S/C22H18F4N6O2/c1-21(2,19-28-16(30-31-19)12-6-8-15(23)9-7-12)11-27-18(33)14-5-3-4-13(10-14)17-29-20(34-32-17)22(24,25)26/h3-10H,11H2,1-2H3,(H,27,33)(H,28,30,31). The van der Waals surface area contributed by atoms with Gasteiger partial charge in [-0.25, -0.2) is 9.37 Å². The van der Waals surface area contributed by atoms with Crippen LogP contribution in [0.1, 0.15) is 35.9 Å². The summed E-state index contributed by atoms with van der Waals surface area (Å²) in [5.41, 5.74) is 0.394. The molecule has 0 aliphatic rings. The normalized spacial score (nSPS) is 12.1. The highest BCUT2D eigenvalue weighted by Crippen LogP contribution is 2.29. The van der Waals surface area contributed by atoms with Crippen molar-refractivity contribution in [3.63, 3.8) is 0 Å². The van der Waals surface area contributed by atoms with Gasteiger partial charge in [0.2, 0.25) is 5.82 Å². The molecule has 0 aliphatic heterocycles. The summed E-state index contributed by atoms with van der Waals surface area (Å²) in [6.07, 6.45) is -4.76. The molecule has 8 nitrogen and oxygen atoms in total. The number of alkyl halides is 3. The molecule has 0 fully saturated rings. The highest BCUT2D eigenvalue weighted by Gasteiger charge is 2.38. The van der Waals surface area contributed by atoms with E-state index in [1.807, 2.05) is 13.8 Å². The summed E-state index contributed by atoms with van der Waals surface area (Å²) in [7, 11) is 0. The minimum Gasteiger partial charge on any atom is -0.351 e. The van der Waals surface area contributed by atoms with Gasteiger partial charge in [0.15, 0.2) is 5.82 Å². The molecule has 4 rings (SSSR count). The number of hydrogen-bond donors (Lipinski definition) is 2. The number of halogens is 4. The molecule has 0 aliphatic carbocycles. The summed E-state index contributed by atoms with van der Waals surface area (Å²) in [5.74, 6) is -1.67. The van der Waals surface area contributed by atoms with Crippen molar-refractivity contribution in [1.29, 1.82) is 0 Å². The molecule has 2 N–H and O–H groups in total. The van der Waals surface area contributed by atoms with E-state index in [1.54, 1.807) is 12.1 Å². The zero-order valence-corrected chi connectivity index (χ0v) is 17.9. The Morgan fingerprint density at radius 1 is 1.03 bits per heavy atom. The average Bonchev–Trinajstić information content (AvgIpc) is 3.49. The molecular formula is C22H18F4N6O2. The molecule has 176 valence electrons. The summed E-state index contributed by atoms with van der Waals surface area (Å²) < 4.78 is 55.5. The predicted octanol–water partition coefficient (Wildman–Crippen LogP) is 4.39. The van der Waals surface area contributed by atoms with E-state index in [-0.39, 0.29) is 29.3 Å². The lowest BCUT2D eigenvalue weighted by Gasteiger charge is -2.22. The Hall–Kier alpha value is -4.09. The number of hydrogen-bond acceptors (Lipinski definition) is 6. The summed E-state index contributed by atoms with van der Waals surface area (Å²) in [5, 5.41) is 13.1. The third-order valence-corrected chi connectivity index (χ3v) is 4.97. The van der Waals surface area contributed by atoms with Gasteiger partial charge in [-0.2, -0.15) is 23.3 Å². The first-order valence-electron chi connectivity index (χ1n) is 10.0. The van der Waals surface area contributed by atoms with Gasteiger partial charge in [0, 0.05) is 28.7 Å². The summed E-state index contributed by atoms with van der Waals surface area (Å²) in [6.45, 7) is 3.86. The van der Waals surface area contributed by atoms with E-state index < -0.39 is 23.4 Å². The maximum atomic E-state index is 13.1. The van der Waals surface area contributed by atoms with Crippen LogP contribution in [-0.4, -0.2) is 37.8 Å². The average molecular weight is 474 g/mol. The van der Waals surface area contributed by atoms with Crippen LogP contribution >= 0.6 is 0 Å². The van der Waals surface area contributed by atoms with Crippen LogP contribution in [0.15, 0.2) is 53.1 Å². The topological polar surface area (TPSA) is 110 Å². The Morgan fingerprint density at radius 2 is 1.76 bits per heavy atom. The molecule has 34 heavy (non-hydrogen) atoms. The second kappa shape index (κ2) is 8.69. The Morgan fingerprint density at radius 3 is 2.44 bits per heavy atom. The van der Waals surface area contributed by atoms with Crippen molar-refractivity contribution in [2.75, 3.05) is 6.54 Å². The van der Waals surface area contributed by atoms with Crippen molar-refractivity contribution in [2.45, 2.75) is 25.4 Å². The molecule has 0 radical (unpaired) electrons. The van der Waals surface area contributed by atoms with Gasteiger partial charge in [-0.05, 0) is 36.4 Å². The molecule has 2 aromatic carbocycles. The van der Waals surface area contributed by atoms with Crippen LogP contribution in [0.5, 0.6) is 0 Å². The molecule has 4 aromatic rings. The fourth-order valence-corrected chi connectivity index (χ4v) is 3.03. The van der Waals surface area contributed by atoms with Crippen molar-refractivity contribution >= 4 is 5.91 Å². The minimum absolute atomic E-state index is 0.175. The number of rotatable bonds is 6. The van der Waals surface area contributed by atoms with Crippen LogP contribution in [0.2, 0.25) is 0 Å². The van der Waals surface area contributed by atoms with Crippen LogP contribution in [-0.2, 0) is 11.6 Å². The van der Waals surface area contributed by atoms with Crippen molar-refractivity contribution in [3.8, 4) is 22.8 Å². The Balaban J connectivity index is 1.45. The number of amides is 1. The van der Waals surface area contributed by atoms with Crippen molar-refractivity contribution in [2.24, 2.45) is 0 Å². The summed E-state index contributed by atoms with van der Waals surface area (Å²) in [4.78, 5) is 20.5. The smallest absolute Gasteiger partial charge is 0.351 e. The van der Waals surface area contributed by atoms with Gasteiger partial charge < -0.3 is 9.84 Å². The Labute approximate surface area is 190 Å². The van der Waals surface area contributed by atoms with Crippen molar-refractivity contribution < 1.29 is 26.9 Å². The lowest BCUT2D eigenvalue weighted by Crippen LogP contribution is -2.37. The number of benzene rings is 2. The number of nitrogens with zero attached hydrogens (tertiary/aromatic N) is 4. The first-order valence-corrected chi connectivity index (χ1v) is 10.0. The lowest BCUT2D eigenvalue weighted by atomic mass is 9.92. The van der Waals surface area contributed by atoms with Crippen molar-refractivity contribution in [1.82, 2.24) is 30.6 Å². The SMILES string of the molecule is CC(C)(CNC(=O)c1cccc(-c2noc(C(F)(F)F)n2)c1)c1nc(-c2ccc(F)cc2)n[nH]1. The van der Waals surface area contributed by atoms with Crippen LogP contribution in [0.4, 0.5) is 17.6 Å². The summed E-state index contributed by atoms with van der Waals surface area (Å²) in [6, 6.07) is 11.6.